The highest BCUT2D eigenvalue weighted by atomic mass is 19.1. The van der Waals surface area contributed by atoms with Crippen molar-refractivity contribution < 1.29 is 22.8 Å². The molecule has 0 aliphatic carbocycles. The van der Waals surface area contributed by atoms with E-state index < -0.39 is 23.4 Å². The summed E-state index contributed by atoms with van der Waals surface area (Å²) < 4.78 is 40.4. The molecule has 2 aromatic rings. The number of hydrogen-bond acceptors (Lipinski definition) is 2. The van der Waals surface area contributed by atoms with Crippen LogP contribution in [0.2, 0.25) is 0 Å². The monoisotopic (exact) mass is 362 g/mol. The second kappa shape index (κ2) is 7.59. The van der Waals surface area contributed by atoms with Crippen molar-refractivity contribution >= 4 is 11.8 Å². The zero-order chi connectivity index (χ0) is 18.7. The minimum atomic E-state index is -0.909. The summed E-state index contributed by atoms with van der Waals surface area (Å²) >= 11 is 0. The van der Waals surface area contributed by atoms with E-state index in [0.29, 0.717) is 11.6 Å². The molecule has 1 saturated heterocycles. The summed E-state index contributed by atoms with van der Waals surface area (Å²) in [7, 11) is 0. The highest BCUT2D eigenvalue weighted by Crippen LogP contribution is 2.15. The number of amides is 2. The van der Waals surface area contributed by atoms with E-state index in [2.05, 4.69) is 0 Å². The third-order valence-electron chi connectivity index (χ3n) is 4.38. The first kappa shape index (κ1) is 18.0. The van der Waals surface area contributed by atoms with Crippen molar-refractivity contribution in [2.75, 3.05) is 26.2 Å². The third-order valence-corrected chi connectivity index (χ3v) is 4.38. The van der Waals surface area contributed by atoms with E-state index in [1.165, 1.54) is 11.0 Å². The lowest BCUT2D eigenvalue weighted by molar-refractivity contribution is -0.132. The zero-order valence-corrected chi connectivity index (χ0v) is 13.9. The second-order valence-electron chi connectivity index (χ2n) is 6.07. The summed E-state index contributed by atoms with van der Waals surface area (Å²) in [5.41, 5.74) is 0.127. The van der Waals surface area contributed by atoms with Crippen LogP contribution in [0.25, 0.3) is 0 Å². The molecule has 26 heavy (non-hydrogen) atoms. The number of benzene rings is 2. The summed E-state index contributed by atoms with van der Waals surface area (Å²) in [5, 5.41) is 0. The first-order valence-corrected chi connectivity index (χ1v) is 8.21. The number of halogens is 3. The van der Waals surface area contributed by atoms with Gasteiger partial charge in [-0.25, -0.2) is 13.2 Å². The molecule has 0 atom stereocenters. The molecule has 1 heterocycles. The highest BCUT2D eigenvalue weighted by molar-refractivity contribution is 5.94. The van der Waals surface area contributed by atoms with Gasteiger partial charge >= 0.3 is 0 Å². The van der Waals surface area contributed by atoms with Gasteiger partial charge < -0.3 is 9.80 Å². The number of rotatable bonds is 3. The molecule has 0 unspecified atom stereocenters. The molecule has 1 aliphatic heterocycles. The van der Waals surface area contributed by atoms with E-state index in [4.69, 9.17) is 0 Å². The van der Waals surface area contributed by atoms with Gasteiger partial charge in [-0.05, 0) is 23.8 Å². The lowest BCUT2D eigenvalue weighted by Gasteiger charge is -2.35. The summed E-state index contributed by atoms with van der Waals surface area (Å²) in [6, 6.07) is 8.90. The molecule has 0 N–H and O–H groups in total. The molecule has 136 valence electrons. The Morgan fingerprint density at radius 2 is 1.50 bits per heavy atom. The van der Waals surface area contributed by atoms with Gasteiger partial charge in [-0.2, -0.15) is 0 Å². The largest absolute Gasteiger partial charge is 0.339 e. The Labute approximate surface area is 148 Å². The van der Waals surface area contributed by atoms with Crippen LogP contribution < -0.4 is 0 Å². The molecule has 1 aliphatic rings. The quantitative estimate of drug-likeness (QED) is 0.842. The molecule has 0 aromatic heterocycles. The van der Waals surface area contributed by atoms with Gasteiger partial charge in [0.25, 0.3) is 5.91 Å². The Hall–Kier alpha value is -2.83. The van der Waals surface area contributed by atoms with Crippen molar-refractivity contribution in [1.82, 2.24) is 9.80 Å². The zero-order valence-electron chi connectivity index (χ0n) is 13.9. The lowest BCUT2D eigenvalue weighted by atomic mass is 10.1. The van der Waals surface area contributed by atoms with Crippen LogP contribution in [0, 0.1) is 17.5 Å². The predicted octanol–water partition coefficient (Wildman–Crippen LogP) is 2.63. The van der Waals surface area contributed by atoms with E-state index in [0.717, 1.165) is 12.1 Å². The van der Waals surface area contributed by atoms with Gasteiger partial charge in [-0.1, -0.05) is 18.2 Å². The average molecular weight is 362 g/mol. The van der Waals surface area contributed by atoms with Crippen LogP contribution in [0.15, 0.2) is 42.5 Å². The van der Waals surface area contributed by atoms with E-state index in [-0.39, 0.29) is 44.1 Å². The molecule has 0 bridgehead atoms. The summed E-state index contributed by atoms with van der Waals surface area (Å²) in [6.07, 6.45) is -0.0484. The first-order chi connectivity index (χ1) is 12.5. The summed E-state index contributed by atoms with van der Waals surface area (Å²) in [5.74, 6) is -2.85. The molecule has 2 aromatic carbocycles. The van der Waals surface area contributed by atoms with Gasteiger partial charge in [0.1, 0.15) is 17.5 Å². The van der Waals surface area contributed by atoms with Crippen LogP contribution in [0.3, 0.4) is 0 Å². The van der Waals surface area contributed by atoms with Gasteiger partial charge in [-0.15, -0.1) is 0 Å². The van der Waals surface area contributed by atoms with Gasteiger partial charge in [0, 0.05) is 32.2 Å². The second-order valence-corrected chi connectivity index (χ2v) is 6.07. The van der Waals surface area contributed by atoms with Crippen molar-refractivity contribution in [1.29, 1.82) is 0 Å². The van der Waals surface area contributed by atoms with Crippen LogP contribution >= 0.6 is 0 Å². The van der Waals surface area contributed by atoms with Gasteiger partial charge in [0.2, 0.25) is 5.91 Å². The van der Waals surface area contributed by atoms with Crippen LogP contribution in [-0.4, -0.2) is 47.8 Å². The van der Waals surface area contributed by atoms with E-state index in [1.54, 1.807) is 23.1 Å². The molecule has 2 amide bonds. The minimum Gasteiger partial charge on any atom is -0.339 e. The average Bonchev–Trinajstić information content (AvgIpc) is 2.63. The van der Waals surface area contributed by atoms with Crippen LogP contribution in [0.4, 0.5) is 13.2 Å². The first-order valence-electron chi connectivity index (χ1n) is 8.21. The molecule has 1 fully saturated rings. The Morgan fingerprint density at radius 3 is 2.15 bits per heavy atom. The third kappa shape index (κ3) is 3.87. The fourth-order valence-corrected chi connectivity index (χ4v) is 2.91. The lowest BCUT2D eigenvalue weighted by Crippen LogP contribution is -2.51. The summed E-state index contributed by atoms with van der Waals surface area (Å²) in [4.78, 5) is 27.6. The van der Waals surface area contributed by atoms with Gasteiger partial charge in [0.05, 0.1) is 12.0 Å². The molecule has 0 spiro atoms. The number of piperazine rings is 1. The van der Waals surface area contributed by atoms with Crippen molar-refractivity contribution in [3.05, 3.63) is 71.0 Å². The maximum absolute atomic E-state index is 13.8. The number of hydrogen-bond donors (Lipinski definition) is 0. The highest BCUT2D eigenvalue weighted by Gasteiger charge is 2.26. The summed E-state index contributed by atoms with van der Waals surface area (Å²) in [6.45, 7) is 1.03. The van der Waals surface area contributed by atoms with Crippen molar-refractivity contribution in [2.24, 2.45) is 0 Å². The van der Waals surface area contributed by atoms with Gasteiger partial charge in [-0.3, -0.25) is 9.59 Å². The number of carbonyl (C=O) groups is 2. The molecule has 7 heteroatoms. The van der Waals surface area contributed by atoms with Gasteiger partial charge in [0.15, 0.2) is 0 Å². The molecule has 0 saturated carbocycles. The Morgan fingerprint density at radius 1 is 0.846 bits per heavy atom. The standard InChI is InChI=1S/C19H17F3N2O2/c20-14-5-6-15(17(22)12-14)19(26)24-9-7-23(8-10-24)18(25)11-13-3-1-2-4-16(13)21/h1-6,12H,7-11H2. The van der Waals surface area contributed by atoms with Crippen molar-refractivity contribution in [2.45, 2.75) is 6.42 Å². The van der Waals surface area contributed by atoms with Crippen LogP contribution in [0.1, 0.15) is 15.9 Å². The van der Waals surface area contributed by atoms with Crippen LogP contribution in [-0.2, 0) is 11.2 Å². The fourth-order valence-electron chi connectivity index (χ4n) is 2.91. The predicted molar refractivity (Wildman–Crippen MR) is 88.9 cm³/mol. The molecule has 4 nitrogen and oxygen atoms in total. The molecule has 3 rings (SSSR count). The maximum atomic E-state index is 13.8. The fraction of sp³-hybridized carbons (Fsp3) is 0.263. The van der Waals surface area contributed by atoms with E-state index in [9.17, 15) is 22.8 Å². The number of nitrogens with zero attached hydrogens (tertiary/aromatic N) is 2. The smallest absolute Gasteiger partial charge is 0.256 e. The van der Waals surface area contributed by atoms with Crippen molar-refractivity contribution in [3.8, 4) is 0 Å². The Balaban J connectivity index is 1.59. The number of carbonyl (C=O) groups excluding carboxylic acids is 2. The maximum Gasteiger partial charge on any atom is 0.256 e. The topological polar surface area (TPSA) is 40.6 Å². The van der Waals surface area contributed by atoms with E-state index in [1.807, 2.05) is 0 Å². The van der Waals surface area contributed by atoms with E-state index >= 15 is 0 Å². The molecule has 0 radical (unpaired) electrons. The SMILES string of the molecule is O=C(Cc1ccccc1F)N1CCN(C(=O)c2ccc(F)cc2F)CC1. The normalized spacial score (nSPS) is 14.4. The Bertz CT molecular complexity index is 833. The molecular weight excluding hydrogens is 345 g/mol. The minimum absolute atomic E-state index is 0.0484. The van der Waals surface area contributed by atoms with Crippen LogP contribution in [0.5, 0.6) is 0 Å². The molecular formula is C19H17F3N2O2. The van der Waals surface area contributed by atoms with Crippen molar-refractivity contribution in [3.63, 3.8) is 0 Å². The Kier molecular flexibility index (Phi) is 5.25.